The van der Waals surface area contributed by atoms with Crippen LogP contribution in [0.5, 0.6) is 0 Å². The normalized spacial score (nSPS) is 14.7. The minimum absolute atomic E-state index is 0.156. The molecule has 2 N–H and O–H groups in total. The second kappa shape index (κ2) is 9.19. The fraction of sp³-hybridized carbons (Fsp3) is 0.259. The fourth-order valence-corrected chi connectivity index (χ4v) is 5.66. The number of nitrogens with zero attached hydrogens (tertiary/aromatic N) is 4. The Balaban J connectivity index is 1.56. The monoisotopic (exact) mass is 517 g/mol. The molecule has 2 aromatic carbocycles. The molecule has 1 fully saturated rings. The van der Waals surface area contributed by atoms with Crippen molar-refractivity contribution in [3.63, 3.8) is 0 Å². The molecule has 182 valence electrons. The summed E-state index contributed by atoms with van der Waals surface area (Å²) in [5.41, 5.74) is 3.03. The van der Waals surface area contributed by atoms with Crippen molar-refractivity contribution in [2.24, 2.45) is 5.92 Å². The van der Waals surface area contributed by atoms with Crippen LogP contribution in [0.1, 0.15) is 42.4 Å². The Morgan fingerprint density at radius 1 is 1.17 bits per heavy atom. The number of hydrogen-bond donors (Lipinski definition) is 2. The van der Waals surface area contributed by atoms with Crippen molar-refractivity contribution in [2.75, 3.05) is 5.32 Å². The van der Waals surface area contributed by atoms with Crippen LogP contribution in [0.25, 0.3) is 32.6 Å². The average Bonchev–Trinajstić information content (AvgIpc) is 3.43. The lowest BCUT2D eigenvalue weighted by atomic mass is 9.80. The number of fused-ring (bicyclic) bond motifs is 2. The predicted octanol–water partition coefficient (Wildman–Crippen LogP) is 6.71. The fourth-order valence-electron chi connectivity index (χ4n) is 4.76. The summed E-state index contributed by atoms with van der Waals surface area (Å²) in [5, 5.41) is 17.1. The Morgan fingerprint density at radius 2 is 1.97 bits per heavy atom. The van der Waals surface area contributed by atoms with Gasteiger partial charge in [-0.15, -0.1) is 11.3 Å². The Labute approximate surface area is 216 Å². The third kappa shape index (κ3) is 4.20. The molecule has 1 aliphatic rings. The van der Waals surface area contributed by atoms with E-state index in [1.807, 2.05) is 30.3 Å². The van der Waals surface area contributed by atoms with E-state index >= 15 is 0 Å². The van der Waals surface area contributed by atoms with E-state index in [0.29, 0.717) is 40.3 Å². The standard InChI is InChI=1S/C27H24ClN5O2S/c1-15(17-3-2-4-17)29-23-22-24(31-25(30-23)27(34)35)32-26(19-7-10-21-18(13-19)11-12-36-21)33(22)14-16-5-8-20(28)9-6-16/h5-13,15,17H,2-4,14H2,1H3,(H,34,35)(H,29,30,31)/t15-/m1/s1. The van der Waals surface area contributed by atoms with Crippen LogP contribution in [0.15, 0.2) is 53.9 Å². The molecule has 0 amide bonds. The highest BCUT2D eigenvalue weighted by Crippen LogP contribution is 2.35. The SMILES string of the molecule is C[C@@H](Nc1nc(C(=O)O)nc2nc(-c3ccc4sccc4c3)n(Cc3ccc(Cl)cc3)c12)C1CCC1. The first-order valence-electron chi connectivity index (χ1n) is 12.0. The van der Waals surface area contributed by atoms with E-state index in [4.69, 9.17) is 16.6 Å². The molecular formula is C27H24ClN5O2S. The molecule has 0 radical (unpaired) electrons. The molecule has 5 aromatic rings. The maximum Gasteiger partial charge on any atom is 0.374 e. The van der Waals surface area contributed by atoms with Crippen LogP contribution in [0.3, 0.4) is 0 Å². The summed E-state index contributed by atoms with van der Waals surface area (Å²) in [5.74, 6) is 0.313. The van der Waals surface area contributed by atoms with E-state index in [0.717, 1.165) is 29.4 Å². The number of rotatable bonds is 7. The molecule has 0 unspecified atom stereocenters. The highest BCUT2D eigenvalue weighted by molar-refractivity contribution is 7.17. The van der Waals surface area contributed by atoms with E-state index in [1.54, 1.807) is 11.3 Å². The van der Waals surface area contributed by atoms with Crippen LogP contribution in [-0.4, -0.2) is 36.6 Å². The van der Waals surface area contributed by atoms with Crippen molar-refractivity contribution in [1.29, 1.82) is 0 Å². The minimum Gasteiger partial charge on any atom is -0.475 e. The Morgan fingerprint density at radius 3 is 2.69 bits per heavy atom. The van der Waals surface area contributed by atoms with Crippen molar-refractivity contribution in [1.82, 2.24) is 19.5 Å². The van der Waals surface area contributed by atoms with Crippen LogP contribution >= 0.6 is 22.9 Å². The number of halogens is 1. The number of aromatic carboxylic acids is 1. The number of carboxylic acids is 1. The van der Waals surface area contributed by atoms with Gasteiger partial charge in [0, 0.05) is 27.9 Å². The number of anilines is 1. The molecule has 0 aliphatic heterocycles. The molecule has 3 heterocycles. The van der Waals surface area contributed by atoms with Crippen molar-refractivity contribution >= 4 is 56.0 Å². The molecule has 36 heavy (non-hydrogen) atoms. The summed E-state index contributed by atoms with van der Waals surface area (Å²) in [7, 11) is 0. The summed E-state index contributed by atoms with van der Waals surface area (Å²) < 4.78 is 3.27. The second-order valence-electron chi connectivity index (χ2n) is 9.32. The molecule has 0 spiro atoms. The lowest BCUT2D eigenvalue weighted by Gasteiger charge is -2.32. The van der Waals surface area contributed by atoms with Crippen molar-refractivity contribution in [2.45, 2.75) is 38.8 Å². The molecule has 1 atom stereocenters. The van der Waals surface area contributed by atoms with Gasteiger partial charge in [0.05, 0.1) is 0 Å². The van der Waals surface area contributed by atoms with Gasteiger partial charge in [0.2, 0.25) is 5.82 Å². The summed E-state index contributed by atoms with van der Waals surface area (Å²) >= 11 is 7.83. The topological polar surface area (TPSA) is 92.9 Å². The molecule has 0 saturated heterocycles. The maximum atomic E-state index is 11.9. The van der Waals surface area contributed by atoms with Crippen molar-refractivity contribution in [3.8, 4) is 11.4 Å². The molecule has 6 rings (SSSR count). The van der Waals surface area contributed by atoms with Gasteiger partial charge in [-0.05, 0) is 78.4 Å². The van der Waals surface area contributed by atoms with Crippen LogP contribution in [0, 0.1) is 5.92 Å². The van der Waals surface area contributed by atoms with Gasteiger partial charge in [-0.25, -0.2) is 19.7 Å². The molecule has 7 nitrogen and oxygen atoms in total. The number of thiophene rings is 1. The molecule has 1 aliphatic carbocycles. The number of carboxylic acid groups (broad SMARTS) is 1. The van der Waals surface area contributed by atoms with Crippen LogP contribution in [0.2, 0.25) is 5.02 Å². The molecule has 3 aromatic heterocycles. The summed E-state index contributed by atoms with van der Waals surface area (Å²) in [6.45, 7) is 2.64. The van der Waals surface area contributed by atoms with Gasteiger partial charge in [-0.3, -0.25) is 0 Å². The Kier molecular flexibility index (Phi) is 5.85. The minimum atomic E-state index is -1.18. The van der Waals surface area contributed by atoms with Gasteiger partial charge in [-0.1, -0.05) is 30.2 Å². The van der Waals surface area contributed by atoms with E-state index in [1.165, 1.54) is 11.1 Å². The van der Waals surface area contributed by atoms with Gasteiger partial charge >= 0.3 is 5.97 Å². The zero-order chi connectivity index (χ0) is 24.8. The van der Waals surface area contributed by atoms with Gasteiger partial charge in [0.25, 0.3) is 0 Å². The van der Waals surface area contributed by atoms with Crippen molar-refractivity contribution in [3.05, 3.63) is 70.3 Å². The molecular weight excluding hydrogens is 494 g/mol. The number of hydrogen-bond acceptors (Lipinski definition) is 6. The zero-order valence-electron chi connectivity index (χ0n) is 19.6. The second-order valence-corrected chi connectivity index (χ2v) is 10.7. The van der Waals surface area contributed by atoms with E-state index < -0.39 is 5.97 Å². The molecule has 0 bridgehead atoms. The lowest BCUT2D eigenvalue weighted by molar-refractivity contribution is 0.0684. The smallest absolute Gasteiger partial charge is 0.374 e. The van der Waals surface area contributed by atoms with E-state index in [-0.39, 0.29) is 11.9 Å². The largest absolute Gasteiger partial charge is 0.475 e. The summed E-state index contributed by atoms with van der Waals surface area (Å²) in [4.78, 5) is 25.5. The third-order valence-electron chi connectivity index (χ3n) is 6.98. The number of imidazole rings is 1. The zero-order valence-corrected chi connectivity index (χ0v) is 21.2. The van der Waals surface area contributed by atoms with Crippen LogP contribution in [0.4, 0.5) is 5.82 Å². The highest BCUT2D eigenvalue weighted by atomic mass is 35.5. The quantitative estimate of drug-likeness (QED) is 0.249. The first-order chi connectivity index (χ1) is 17.5. The van der Waals surface area contributed by atoms with E-state index in [9.17, 15) is 9.90 Å². The number of benzene rings is 2. The van der Waals surface area contributed by atoms with Crippen LogP contribution in [-0.2, 0) is 6.54 Å². The summed E-state index contributed by atoms with van der Waals surface area (Å²) in [6.07, 6.45) is 3.54. The van der Waals surface area contributed by atoms with Crippen LogP contribution < -0.4 is 5.32 Å². The number of aromatic nitrogens is 4. The average molecular weight is 518 g/mol. The highest BCUT2D eigenvalue weighted by Gasteiger charge is 2.27. The lowest BCUT2D eigenvalue weighted by Crippen LogP contribution is -2.31. The molecule has 9 heteroatoms. The van der Waals surface area contributed by atoms with Gasteiger partial charge in [0.1, 0.15) is 11.3 Å². The summed E-state index contributed by atoms with van der Waals surface area (Å²) in [6, 6.07) is 16.2. The Bertz CT molecular complexity index is 1590. The first-order valence-corrected chi connectivity index (χ1v) is 13.2. The predicted molar refractivity (Wildman–Crippen MR) is 144 cm³/mol. The number of carbonyl (C=O) groups is 1. The maximum absolute atomic E-state index is 11.9. The molecule has 1 saturated carbocycles. The van der Waals surface area contributed by atoms with E-state index in [2.05, 4.69) is 50.4 Å². The number of nitrogens with one attached hydrogen (secondary N) is 1. The van der Waals surface area contributed by atoms with Gasteiger partial charge in [-0.2, -0.15) is 0 Å². The Hall–Kier alpha value is -3.49. The third-order valence-corrected chi connectivity index (χ3v) is 8.13. The first kappa shape index (κ1) is 22.9. The van der Waals surface area contributed by atoms with Crippen molar-refractivity contribution < 1.29 is 9.90 Å². The van der Waals surface area contributed by atoms with Gasteiger partial charge < -0.3 is 15.0 Å². The van der Waals surface area contributed by atoms with Gasteiger partial charge in [0.15, 0.2) is 11.5 Å².